The van der Waals surface area contributed by atoms with E-state index in [-0.39, 0.29) is 0 Å². The Kier molecular flexibility index (Phi) is 1.68. The number of imidazole rings is 1. The molecule has 1 fully saturated rings. The molecule has 1 aliphatic carbocycles. The molecule has 12 heavy (non-hydrogen) atoms. The maximum Gasteiger partial charge on any atom is 0.0950 e. The van der Waals surface area contributed by atoms with E-state index in [2.05, 4.69) is 23.4 Å². The third kappa shape index (κ3) is 1.14. The van der Waals surface area contributed by atoms with Crippen LogP contribution in [0.3, 0.4) is 0 Å². The molecule has 1 saturated carbocycles. The third-order valence-electron chi connectivity index (χ3n) is 2.47. The minimum atomic E-state index is 0.374. The molecular weight excluding hydrogens is 150 g/mol. The minimum Gasteiger partial charge on any atom is -0.332 e. The van der Waals surface area contributed by atoms with Gasteiger partial charge in [0.25, 0.3) is 0 Å². The van der Waals surface area contributed by atoms with Crippen molar-refractivity contribution in [2.45, 2.75) is 38.3 Å². The summed E-state index contributed by atoms with van der Waals surface area (Å²) in [5.74, 6) is 0.565. The van der Waals surface area contributed by atoms with Gasteiger partial charge >= 0.3 is 0 Å². The molecule has 2 rings (SSSR count). The molecular formula is C9H15N3. The van der Waals surface area contributed by atoms with Crippen molar-refractivity contribution in [1.29, 1.82) is 0 Å². The van der Waals surface area contributed by atoms with Crippen molar-refractivity contribution >= 4 is 0 Å². The first-order valence-electron chi connectivity index (χ1n) is 4.47. The van der Waals surface area contributed by atoms with Gasteiger partial charge in [-0.2, -0.15) is 0 Å². The van der Waals surface area contributed by atoms with Gasteiger partial charge in [0, 0.05) is 29.9 Å². The van der Waals surface area contributed by atoms with Crippen molar-refractivity contribution in [1.82, 2.24) is 9.55 Å². The molecule has 66 valence electrons. The second kappa shape index (κ2) is 2.59. The van der Waals surface area contributed by atoms with Gasteiger partial charge in [0.15, 0.2) is 0 Å². The summed E-state index contributed by atoms with van der Waals surface area (Å²) in [4.78, 5) is 4.15. The Bertz CT molecular complexity index is 277. The van der Waals surface area contributed by atoms with Crippen LogP contribution < -0.4 is 5.73 Å². The molecule has 1 aromatic heterocycles. The van der Waals surface area contributed by atoms with Gasteiger partial charge < -0.3 is 10.3 Å². The lowest BCUT2D eigenvalue weighted by Crippen LogP contribution is -2.07. The highest BCUT2D eigenvalue weighted by molar-refractivity contribution is 5.19. The first-order valence-corrected chi connectivity index (χ1v) is 4.47. The fourth-order valence-corrected chi connectivity index (χ4v) is 1.59. The van der Waals surface area contributed by atoms with E-state index < -0.39 is 0 Å². The Morgan fingerprint density at radius 3 is 2.83 bits per heavy atom. The van der Waals surface area contributed by atoms with Crippen LogP contribution in [0.5, 0.6) is 0 Å². The van der Waals surface area contributed by atoms with Crippen LogP contribution in [-0.4, -0.2) is 15.6 Å². The van der Waals surface area contributed by atoms with Crippen molar-refractivity contribution in [2.24, 2.45) is 5.73 Å². The Hall–Kier alpha value is -0.830. The van der Waals surface area contributed by atoms with Crippen LogP contribution >= 0.6 is 0 Å². The molecule has 0 bridgehead atoms. The van der Waals surface area contributed by atoms with Crippen molar-refractivity contribution in [2.75, 3.05) is 0 Å². The highest BCUT2D eigenvalue weighted by Gasteiger charge is 2.37. The lowest BCUT2D eigenvalue weighted by Gasteiger charge is -2.10. The predicted octanol–water partition coefficient (Wildman–Crippen LogP) is 1.28. The SMILES string of the molecule is CC(C)n1cncc1C1CC1N. The average Bonchev–Trinajstić information content (AvgIpc) is 2.58. The molecule has 3 heteroatoms. The van der Waals surface area contributed by atoms with Crippen molar-refractivity contribution in [3.63, 3.8) is 0 Å². The van der Waals surface area contributed by atoms with Gasteiger partial charge in [-0.25, -0.2) is 4.98 Å². The molecule has 0 radical (unpaired) electrons. The topological polar surface area (TPSA) is 43.8 Å². The smallest absolute Gasteiger partial charge is 0.0950 e. The highest BCUT2D eigenvalue weighted by Crippen LogP contribution is 2.39. The summed E-state index contributed by atoms with van der Waals surface area (Å²) in [6.07, 6.45) is 4.96. The van der Waals surface area contributed by atoms with E-state index in [0.717, 1.165) is 6.42 Å². The first kappa shape index (κ1) is 7.80. The van der Waals surface area contributed by atoms with Crippen LogP contribution in [0.2, 0.25) is 0 Å². The van der Waals surface area contributed by atoms with Gasteiger partial charge in [0.2, 0.25) is 0 Å². The second-order valence-electron chi connectivity index (χ2n) is 3.83. The van der Waals surface area contributed by atoms with Crippen LogP contribution in [0.15, 0.2) is 12.5 Å². The highest BCUT2D eigenvalue weighted by atomic mass is 15.1. The van der Waals surface area contributed by atoms with E-state index in [1.165, 1.54) is 5.69 Å². The van der Waals surface area contributed by atoms with Crippen LogP contribution in [0.25, 0.3) is 0 Å². The van der Waals surface area contributed by atoms with Crippen LogP contribution in [0.4, 0.5) is 0 Å². The van der Waals surface area contributed by atoms with Gasteiger partial charge in [0.05, 0.1) is 6.33 Å². The second-order valence-corrected chi connectivity index (χ2v) is 3.83. The lowest BCUT2D eigenvalue weighted by atomic mass is 10.2. The summed E-state index contributed by atoms with van der Waals surface area (Å²) >= 11 is 0. The Morgan fingerprint density at radius 2 is 2.33 bits per heavy atom. The zero-order chi connectivity index (χ0) is 8.72. The van der Waals surface area contributed by atoms with E-state index in [4.69, 9.17) is 5.73 Å². The summed E-state index contributed by atoms with van der Waals surface area (Å²) in [5, 5.41) is 0. The number of nitrogens with two attached hydrogens (primary N) is 1. The number of aromatic nitrogens is 2. The molecule has 0 amide bonds. The molecule has 1 heterocycles. The zero-order valence-corrected chi connectivity index (χ0v) is 7.57. The van der Waals surface area contributed by atoms with Gasteiger partial charge in [-0.05, 0) is 20.3 Å². The molecule has 0 aliphatic heterocycles. The number of hydrogen-bond acceptors (Lipinski definition) is 2. The van der Waals surface area contributed by atoms with Gasteiger partial charge in [-0.15, -0.1) is 0 Å². The Balaban J connectivity index is 2.25. The van der Waals surface area contributed by atoms with Crippen LogP contribution in [0.1, 0.15) is 37.9 Å². The largest absolute Gasteiger partial charge is 0.332 e. The summed E-state index contributed by atoms with van der Waals surface area (Å²) in [7, 11) is 0. The van der Waals surface area contributed by atoms with Crippen molar-refractivity contribution in [3.8, 4) is 0 Å². The van der Waals surface area contributed by atoms with Gasteiger partial charge in [-0.3, -0.25) is 0 Å². The molecule has 0 saturated heterocycles. The average molecular weight is 165 g/mol. The Labute approximate surface area is 72.6 Å². The maximum atomic E-state index is 5.79. The first-order chi connectivity index (χ1) is 5.70. The maximum absolute atomic E-state index is 5.79. The molecule has 3 nitrogen and oxygen atoms in total. The van der Waals surface area contributed by atoms with Crippen LogP contribution in [0, 0.1) is 0 Å². The molecule has 0 aromatic carbocycles. The fourth-order valence-electron chi connectivity index (χ4n) is 1.59. The third-order valence-corrected chi connectivity index (χ3v) is 2.47. The monoisotopic (exact) mass is 165 g/mol. The molecule has 0 spiro atoms. The lowest BCUT2D eigenvalue weighted by molar-refractivity contribution is 0.572. The fraction of sp³-hybridized carbons (Fsp3) is 0.667. The predicted molar refractivity (Wildman–Crippen MR) is 47.9 cm³/mol. The Morgan fingerprint density at radius 1 is 1.67 bits per heavy atom. The van der Waals surface area contributed by atoms with Crippen molar-refractivity contribution in [3.05, 3.63) is 18.2 Å². The van der Waals surface area contributed by atoms with E-state index in [1.807, 2.05) is 12.5 Å². The quantitative estimate of drug-likeness (QED) is 0.717. The molecule has 2 unspecified atom stereocenters. The van der Waals surface area contributed by atoms with Gasteiger partial charge in [0.1, 0.15) is 0 Å². The minimum absolute atomic E-state index is 0.374. The molecule has 1 aromatic rings. The standard InChI is InChI=1S/C9H15N3/c1-6(2)12-5-11-4-9(12)7-3-8(7)10/h4-8H,3,10H2,1-2H3. The summed E-state index contributed by atoms with van der Waals surface area (Å²) in [6, 6.07) is 0.870. The number of rotatable bonds is 2. The normalized spacial score (nSPS) is 28.0. The number of hydrogen-bond donors (Lipinski definition) is 1. The molecule has 2 atom stereocenters. The van der Waals surface area contributed by atoms with E-state index >= 15 is 0 Å². The molecule has 2 N–H and O–H groups in total. The molecule has 1 aliphatic rings. The van der Waals surface area contributed by atoms with E-state index in [0.29, 0.717) is 18.0 Å². The van der Waals surface area contributed by atoms with Crippen LogP contribution in [-0.2, 0) is 0 Å². The summed E-state index contributed by atoms with van der Waals surface area (Å²) in [6.45, 7) is 4.33. The summed E-state index contributed by atoms with van der Waals surface area (Å²) < 4.78 is 2.21. The van der Waals surface area contributed by atoms with E-state index in [9.17, 15) is 0 Å². The summed E-state index contributed by atoms with van der Waals surface area (Å²) in [5.41, 5.74) is 7.09. The zero-order valence-electron chi connectivity index (χ0n) is 7.57. The van der Waals surface area contributed by atoms with E-state index in [1.54, 1.807) is 0 Å². The van der Waals surface area contributed by atoms with Crippen molar-refractivity contribution < 1.29 is 0 Å². The number of nitrogens with zero attached hydrogens (tertiary/aromatic N) is 2. The van der Waals surface area contributed by atoms with Gasteiger partial charge in [-0.1, -0.05) is 0 Å².